The fourth-order valence-corrected chi connectivity index (χ4v) is 3.85. The predicted octanol–water partition coefficient (Wildman–Crippen LogP) is 4.03. The molecule has 0 unspecified atom stereocenters. The van der Waals surface area contributed by atoms with Crippen molar-refractivity contribution in [2.24, 2.45) is 0 Å². The van der Waals surface area contributed by atoms with Crippen molar-refractivity contribution in [2.45, 2.75) is 6.92 Å². The second kappa shape index (κ2) is 8.20. The van der Waals surface area contributed by atoms with Crippen molar-refractivity contribution < 1.29 is 4.39 Å². The number of hydrogen-bond acceptors (Lipinski definition) is 4. The maximum absolute atomic E-state index is 13.4. The molecule has 0 amide bonds. The fourth-order valence-electron chi connectivity index (χ4n) is 3.85. The Bertz CT molecular complexity index is 1610. The minimum atomic E-state index is -0.281. The molecule has 0 saturated carbocycles. The third-order valence-electron chi connectivity index (χ3n) is 5.49. The number of nitrogen functional groups attached to an aromatic ring is 1. The molecule has 4 N–H and O–H groups in total. The molecule has 0 aliphatic carbocycles. The first-order chi connectivity index (χ1) is 16.0. The minimum absolute atomic E-state index is 0.281. The molecule has 5 aromatic rings. The highest BCUT2D eigenvalue weighted by atomic mass is 19.1. The number of nitrogens with one attached hydrogen (secondary N) is 2. The number of anilines is 1. The van der Waals surface area contributed by atoms with Gasteiger partial charge in [0.05, 0.1) is 22.4 Å². The van der Waals surface area contributed by atoms with Gasteiger partial charge in [0.15, 0.2) is 0 Å². The fraction of sp³-hybridized carbons (Fsp3) is 0.0385. The molecule has 4 aromatic heterocycles. The first-order valence-corrected chi connectivity index (χ1v) is 10.4. The summed E-state index contributed by atoms with van der Waals surface area (Å²) in [4.78, 5) is 12.1. The van der Waals surface area contributed by atoms with Gasteiger partial charge >= 0.3 is 0 Å². The highest BCUT2D eigenvalue weighted by Crippen LogP contribution is 2.29. The van der Waals surface area contributed by atoms with Crippen LogP contribution < -0.4 is 16.3 Å². The average molecular weight is 436 g/mol. The van der Waals surface area contributed by atoms with Crippen molar-refractivity contribution in [3.05, 3.63) is 89.6 Å². The van der Waals surface area contributed by atoms with Crippen LogP contribution in [0.15, 0.2) is 67.6 Å². The van der Waals surface area contributed by atoms with Crippen molar-refractivity contribution >= 4 is 34.3 Å². The quantitative estimate of drug-likeness (QED) is 0.396. The summed E-state index contributed by atoms with van der Waals surface area (Å²) in [6, 6.07) is 12.1. The Hall–Kier alpha value is -4.52. The summed E-state index contributed by atoms with van der Waals surface area (Å²) in [5.74, 6) is -0.281. The summed E-state index contributed by atoms with van der Waals surface area (Å²) in [6.07, 6.45) is 8.99. The number of nitrogens with zero attached hydrogens (tertiary/aromatic N) is 3. The highest BCUT2D eigenvalue weighted by molar-refractivity contribution is 5.96. The standard InChI is InChI=1S/C26H21FN6/c1-3-22-20(10-15(2)17-11-19(28)14-29-13-17)26(33-32-22)24-12-21-23(31-24)8-9-30-25(21)16-4-6-18(27)7-5-16/h3-14,31-32H,2,28H2,1H3/b20-10+,22-3+. The molecule has 0 aliphatic heterocycles. The summed E-state index contributed by atoms with van der Waals surface area (Å²) in [7, 11) is 0. The van der Waals surface area contributed by atoms with Crippen LogP contribution in [0.25, 0.3) is 51.3 Å². The van der Waals surface area contributed by atoms with Gasteiger partial charge in [-0.2, -0.15) is 5.10 Å². The Kier molecular flexibility index (Phi) is 5.06. The van der Waals surface area contributed by atoms with Crippen LogP contribution in [0, 0.1) is 5.82 Å². The summed E-state index contributed by atoms with van der Waals surface area (Å²) in [5.41, 5.74) is 12.2. The van der Waals surface area contributed by atoms with Crippen molar-refractivity contribution in [1.82, 2.24) is 25.1 Å². The number of H-pyrrole nitrogens is 2. The van der Waals surface area contributed by atoms with Gasteiger partial charge in [-0.1, -0.05) is 12.7 Å². The Morgan fingerprint density at radius 3 is 2.67 bits per heavy atom. The smallest absolute Gasteiger partial charge is 0.123 e. The van der Waals surface area contributed by atoms with Crippen LogP contribution in [0.1, 0.15) is 12.5 Å². The molecule has 33 heavy (non-hydrogen) atoms. The number of rotatable bonds is 4. The van der Waals surface area contributed by atoms with Crippen molar-refractivity contribution in [2.75, 3.05) is 5.73 Å². The summed E-state index contributed by atoms with van der Waals surface area (Å²) < 4.78 is 13.4. The van der Waals surface area contributed by atoms with Crippen LogP contribution in [-0.4, -0.2) is 25.1 Å². The number of fused-ring (bicyclic) bond motifs is 1. The van der Waals surface area contributed by atoms with Gasteiger partial charge in [0.2, 0.25) is 0 Å². The van der Waals surface area contributed by atoms with Crippen LogP contribution in [-0.2, 0) is 0 Å². The molecule has 4 heterocycles. The molecule has 0 radical (unpaired) electrons. The zero-order valence-corrected chi connectivity index (χ0v) is 17.9. The van der Waals surface area contributed by atoms with E-state index in [4.69, 9.17) is 5.73 Å². The topological polar surface area (TPSA) is 96.3 Å². The Morgan fingerprint density at radius 1 is 1.09 bits per heavy atom. The van der Waals surface area contributed by atoms with Gasteiger partial charge in [-0.25, -0.2) is 4.39 Å². The molecule has 0 spiro atoms. The average Bonchev–Trinajstić information content (AvgIpc) is 3.43. The van der Waals surface area contributed by atoms with E-state index in [0.29, 0.717) is 5.69 Å². The zero-order chi connectivity index (χ0) is 22.9. The predicted molar refractivity (Wildman–Crippen MR) is 131 cm³/mol. The molecule has 0 bridgehead atoms. The monoisotopic (exact) mass is 436 g/mol. The van der Waals surface area contributed by atoms with Crippen LogP contribution >= 0.6 is 0 Å². The lowest BCUT2D eigenvalue weighted by molar-refractivity contribution is 0.628. The first kappa shape index (κ1) is 20.4. The van der Waals surface area contributed by atoms with Crippen LogP contribution in [0.3, 0.4) is 0 Å². The second-order valence-corrected chi connectivity index (χ2v) is 7.68. The summed E-state index contributed by atoms with van der Waals surface area (Å²) in [6.45, 7) is 6.14. The van der Waals surface area contributed by atoms with Gasteiger partial charge in [0, 0.05) is 45.8 Å². The number of hydrogen-bond donors (Lipinski definition) is 3. The van der Waals surface area contributed by atoms with Gasteiger partial charge in [-0.05, 0) is 61.0 Å². The van der Waals surface area contributed by atoms with Gasteiger partial charge in [-0.15, -0.1) is 0 Å². The van der Waals surface area contributed by atoms with E-state index < -0.39 is 0 Å². The maximum Gasteiger partial charge on any atom is 0.123 e. The molecular weight excluding hydrogens is 415 g/mol. The lowest BCUT2D eigenvalue weighted by Crippen LogP contribution is -2.23. The van der Waals surface area contributed by atoms with Crippen molar-refractivity contribution in [3.8, 4) is 22.6 Å². The van der Waals surface area contributed by atoms with Crippen molar-refractivity contribution in [3.63, 3.8) is 0 Å². The van der Waals surface area contributed by atoms with Crippen molar-refractivity contribution in [1.29, 1.82) is 0 Å². The van der Waals surface area contributed by atoms with Gasteiger partial charge in [0.1, 0.15) is 11.5 Å². The number of aromatic nitrogens is 5. The Labute approximate surface area is 189 Å². The normalized spacial score (nSPS) is 12.5. The van der Waals surface area contributed by atoms with E-state index in [-0.39, 0.29) is 5.82 Å². The zero-order valence-electron chi connectivity index (χ0n) is 17.9. The molecule has 7 heteroatoms. The number of nitrogens with two attached hydrogens (primary N) is 1. The number of halogens is 1. The lowest BCUT2D eigenvalue weighted by atomic mass is 10.1. The maximum atomic E-state index is 13.4. The number of aromatic amines is 2. The third kappa shape index (κ3) is 3.80. The van der Waals surface area contributed by atoms with E-state index in [1.807, 2.05) is 37.3 Å². The molecule has 0 atom stereocenters. The van der Waals surface area contributed by atoms with E-state index in [0.717, 1.165) is 55.3 Å². The molecule has 0 fully saturated rings. The number of pyridine rings is 2. The van der Waals surface area contributed by atoms with Crippen LogP contribution in [0.4, 0.5) is 10.1 Å². The Balaban J connectivity index is 1.66. The molecular formula is C26H21FN6. The molecule has 162 valence electrons. The number of benzene rings is 1. The Morgan fingerprint density at radius 2 is 1.91 bits per heavy atom. The van der Waals surface area contributed by atoms with Gasteiger partial charge < -0.3 is 10.7 Å². The SMILES string of the molecule is C=C(/C=c1/c(-c2cc3c(-c4ccc(F)cc4)nccc3[nH]2)n[nH]/c1=C/C)c1cncc(N)c1. The summed E-state index contributed by atoms with van der Waals surface area (Å²) in [5, 5.41) is 10.3. The minimum Gasteiger partial charge on any atom is -0.397 e. The highest BCUT2D eigenvalue weighted by Gasteiger charge is 2.13. The molecule has 0 aliphatic rings. The first-order valence-electron chi connectivity index (χ1n) is 10.4. The van der Waals surface area contributed by atoms with Crippen LogP contribution in [0.5, 0.6) is 0 Å². The largest absolute Gasteiger partial charge is 0.397 e. The molecule has 5 rings (SSSR count). The summed E-state index contributed by atoms with van der Waals surface area (Å²) >= 11 is 0. The van der Waals surface area contributed by atoms with E-state index in [1.165, 1.54) is 12.1 Å². The molecule has 1 aromatic carbocycles. The van der Waals surface area contributed by atoms with E-state index in [1.54, 1.807) is 30.7 Å². The van der Waals surface area contributed by atoms with E-state index in [9.17, 15) is 4.39 Å². The van der Waals surface area contributed by atoms with Crippen LogP contribution in [0.2, 0.25) is 0 Å². The molecule has 6 nitrogen and oxygen atoms in total. The third-order valence-corrected chi connectivity index (χ3v) is 5.49. The van der Waals surface area contributed by atoms with E-state index in [2.05, 4.69) is 31.7 Å². The van der Waals surface area contributed by atoms with Gasteiger partial charge in [0.25, 0.3) is 0 Å². The van der Waals surface area contributed by atoms with Gasteiger partial charge in [-0.3, -0.25) is 15.1 Å². The van der Waals surface area contributed by atoms with E-state index >= 15 is 0 Å². The molecule has 0 saturated heterocycles. The second-order valence-electron chi connectivity index (χ2n) is 7.68. The number of allylic oxidation sites excluding steroid dienone is 1. The lowest BCUT2D eigenvalue weighted by Gasteiger charge is -2.02.